The Morgan fingerprint density at radius 3 is 2.56 bits per heavy atom. The van der Waals surface area contributed by atoms with E-state index in [0.29, 0.717) is 4.88 Å². The molecule has 0 saturated carbocycles. The molecule has 5 nitrogen and oxygen atoms in total. The molecule has 0 aliphatic carbocycles. The number of ether oxygens (including phenoxy) is 1. The van der Waals surface area contributed by atoms with Crippen molar-refractivity contribution in [2.24, 2.45) is 0 Å². The molecule has 134 valence electrons. The van der Waals surface area contributed by atoms with Gasteiger partial charge in [0.15, 0.2) is 0 Å². The van der Waals surface area contributed by atoms with Crippen molar-refractivity contribution in [2.75, 3.05) is 57.2 Å². The molecule has 1 aromatic carbocycles. The summed E-state index contributed by atoms with van der Waals surface area (Å²) in [4.78, 5) is 19.8. The summed E-state index contributed by atoms with van der Waals surface area (Å²) in [5, 5.41) is 1.91. The molecule has 3 rings (SSSR count). The van der Waals surface area contributed by atoms with Gasteiger partial charge in [-0.15, -0.1) is 11.3 Å². The van der Waals surface area contributed by atoms with Gasteiger partial charge >= 0.3 is 0 Å². The van der Waals surface area contributed by atoms with E-state index in [9.17, 15) is 4.79 Å². The molecule has 0 spiro atoms. The standard InChI is InChI=1S/C18H22BrN3O2S/c1-20-7-9-22(10-8-20)15-12-13(4-5-16(15)24-3)21(2)18(23)17-14(19)6-11-25-17/h4-6,11-12H,7-10H2,1-3H3. The summed E-state index contributed by atoms with van der Waals surface area (Å²) in [6.07, 6.45) is 0. The third kappa shape index (κ3) is 3.83. The first-order valence-corrected chi connectivity index (χ1v) is 9.81. The van der Waals surface area contributed by atoms with Gasteiger partial charge in [0, 0.05) is 43.4 Å². The van der Waals surface area contributed by atoms with E-state index in [1.807, 2.05) is 36.7 Å². The molecule has 2 aromatic rings. The van der Waals surface area contributed by atoms with Crippen molar-refractivity contribution in [1.82, 2.24) is 4.90 Å². The number of hydrogen-bond acceptors (Lipinski definition) is 5. The minimum Gasteiger partial charge on any atom is -0.495 e. The molecule has 1 aliphatic rings. The molecule has 0 N–H and O–H groups in total. The Labute approximate surface area is 160 Å². The number of hydrogen-bond donors (Lipinski definition) is 0. The minimum absolute atomic E-state index is 0.0173. The van der Waals surface area contributed by atoms with E-state index >= 15 is 0 Å². The fourth-order valence-electron chi connectivity index (χ4n) is 2.90. The van der Waals surface area contributed by atoms with E-state index in [1.165, 1.54) is 11.3 Å². The number of nitrogens with zero attached hydrogens (tertiary/aromatic N) is 3. The second kappa shape index (κ2) is 7.76. The number of halogens is 1. The van der Waals surface area contributed by atoms with Crippen LogP contribution in [-0.2, 0) is 0 Å². The lowest BCUT2D eigenvalue weighted by Gasteiger charge is -2.35. The summed E-state index contributed by atoms with van der Waals surface area (Å²) < 4.78 is 6.38. The van der Waals surface area contributed by atoms with Crippen molar-refractivity contribution in [3.8, 4) is 5.75 Å². The molecular weight excluding hydrogens is 402 g/mol. The van der Waals surface area contributed by atoms with E-state index in [2.05, 4.69) is 32.8 Å². The first-order chi connectivity index (χ1) is 12.0. The van der Waals surface area contributed by atoms with Gasteiger partial charge in [0.05, 0.1) is 12.8 Å². The fourth-order valence-corrected chi connectivity index (χ4v) is 4.41. The molecule has 0 radical (unpaired) electrons. The highest BCUT2D eigenvalue weighted by atomic mass is 79.9. The van der Waals surface area contributed by atoms with Crippen molar-refractivity contribution in [2.45, 2.75) is 0 Å². The maximum absolute atomic E-state index is 12.8. The van der Waals surface area contributed by atoms with Crippen LogP contribution in [0.15, 0.2) is 34.1 Å². The molecule has 1 aromatic heterocycles. The highest BCUT2D eigenvalue weighted by Gasteiger charge is 2.22. The van der Waals surface area contributed by atoms with Crippen LogP contribution in [0.1, 0.15) is 9.67 Å². The van der Waals surface area contributed by atoms with E-state index < -0.39 is 0 Å². The van der Waals surface area contributed by atoms with Gasteiger partial charge in [-0.25, -0.2) is 0 Å². The minimum atomic E-state index is -0.0173. The second-order valence-electron chi connectivity index (χ2n) is 6.11. The van der Waals surface area contributed by atoms with Crippen molar-refractivity contribution in [3.63, 3.8) is 0 Å². The van der Waals surface area contributed by atoms with Gasteiger partial charge in [0.25, 0.3) is 5.91 Å². The first kappa shape index (κ1) is 18.2. The summed E-state index contributed by atoms with van der Waals surface area (Å²) in [5.74, 6) is 0.822. The highest BCUT2D eigenvalue weighted by Crippen LogP contribution is 2.34. The maximum atomic E-state index is 12.8. The number of amides is 1. The largest absolute Gasteiger partial charge is 0.495 e. The summed E-state index contributed by atoms with van der Waals surface area (Å²) in [7, 11) is 5.63. The van der Waals surface area contributed by atoms with Crippen LogP contribution in [0.2, 0.25) is 0 Å². The zero-order valence-electron chi connectivity index (χ0n) is 14.7. The maximum Gasteiger partial charge on any atom is 0.269 e. The van der Waals surface area contributed by atoms with Gasteiger partial charge in [0.1, 0.15) is 10.6 Å². The number of carbonyl (C=O) groups excluding carboxylic acids is 1. The Morgan fingerprint density at radius 1 is 1.24 bits per heavy atom. The lowest BCUT2D eigenvalue weighted by molar-refractivity contribution is 0.0996. The van der Waals surface area contributed by atoms with Gasteiger partial charge in [-0.05, 0) is 52.6 Å². The Balaban J connectivity index is 1.88. The molecule has 0 bridgehead atoms. The zero-order valence-corrected chi connectivity index (χ0v) is 17.1. The SMILES string of the molecule is COc1ccc(N(C)C(=O)c2sccc2Br)cc1N1CCN(C)CC1. The number of thiophene rings is 1. The highest BCUT2D eigenvalue weighted by molar-refractivity contribution is 9.10. The van der Waals surface area contributed by atoms with E-state index in [4.69, 9.17) is 4.74 Å². The normalized spacial score (nSPS) is 15.3. The molecule has 7 heteroatoms. The van der Waals surface area contributed by atoms with Gasteiger partial charge in [-0.3, -0.25) is 4.79 Å². The first-order valence-electron chi connectivity index (χ1n) is 8.14. The fraction of sp³-hybridized carbons (Fsp3) is 0.389. The van der Waals surface area contributed by atoms with Crippen LogP contribution in [0, 0.1) is 0 Å². The Kier molecular flexibility index (Phi) is 5.66. The Hall–Kier alpha value is -1.57. The Bertz CT molecular complexity index is 757. The molecule has 1 amide bonds. The molecule has 25 heavy (non-hydrogen) atoms. The smallest absolute Gasteiger partial charge is 0.269 e. The molecule has 1 saturated heterocycles. The van der Waals surface area contributed by atoms with E-state index in [0.717, 1.165) is 47.8 Å². The van der Waals surface area contributed by atoms with Crippen LogP contribution in [0.3, 0.4) is 0 Å². The predicted molar refractivity (Wildman–Crippen MR) is 107 cm³/mol. The van der Waals surface area contributed by atoms with Crippen molar-refractivity contribution < 1.29 is 9.53 Å². The molecule has 0 atom stereocenters. The van der Waals surface area contributed by atoms with Gasteiger partial charge in [-0.1, -0.05) is 0 Å². The molecular formula is C18H22BrN3O2S. The average molecular weight is 424 g/mol. The van der Waals surface area contributed by atoms with Crippen LogP contribution >= 0.6 is 27.3 Å². The van der Waals surface area contributed by atoms with Gasteiger partial charge < -0.3 is 19.4 Å². The number of methoxy groups -OCH3 is 1. The second-order valence-corrected chi connectivity index (χ2v) is 7.88. The summed E-state index contributed by atoms with van der Waals surface area (Å²) in [5.41, 5.74) is 1.90. The molecule has 2 heterocycles. The molecule has 0 unspecified atom stereocenters. The van der Waals surface area contributed by atoms with Crippen LogP contribution in [-0.4, -0.2) is 58.2 Å². The lowest BCUT2D eigenvalue weighted by Crippen LogP contribution is -2.44. The van der Waals surface area contributed by atoms with Crippen molar-refractivity contribution in [1.29, 1.82) is 0 Å². The third-order valence-corrected chi connectivity index (χ3v) is 6.34. The number of benzene rings is 1. The molecule has 1 fully saturated rings. The number of rotatable bonds is 4. The van der Waals surface area contributed by atoms with Crippen molar-refractivity contribution in [3.05, 3.63) is 39.0 Å². The number of anilines is 2. The zero-order chi connectivity index (χ0) is 18.0. The topological polar surface area (TPSA) is 36.0 Å². The lowest BCUT2D eigenvalue weighted by atomic mass is 10.2. The monoisotopic (exact) mass is 423 g/mol. The average Bonchev–Trinajstić information content (AvgIpc) is 3.06. The van der Waals surface area contributed by atoms with Crippen molar-refractivity contribution >= 4 is 44.5 Å². The number of piperazine rings is 1. The quantitative estimate of drug-likeness (QED) is 0.752. The number of likely N-dealkylation sites (N-methyl/N-ethyl adjacent to an activating group) is 1. The van der Waals surface area contributed by atoms with E-state index in [-0.39, 0.29) is 5.91 Å². The Morgan fingerprint density at radius 2 is 1.96 bits per heavy atom. The van der Waals surface area contributed by atoms with Crippen LogP contribution in [0.5, 0.6) is 5.75 Å². The van der Waals surface area contributed by atoms with E-state index in [1.54, 1.807) is 12.0 Å². The predicted octanol–water partition coefficient (Wildman–Crippen LogP) is 3.55. The summed E-state index contributed by atoms with van der Waals surface area (Å²) in [6.45, 7) is 3.93. The summed E-state index contributed by atoms with van der Waals surface area (Å²) >= 11 is 4.89. The van der Waals surface area contributed by atoms with Crippen LogP contribution in [0.25, 0.3) is 0 Å². The van der Waals surface area contributed by atoms with Gasteiger partial charge in [-0.2, -0.15) is 0 Å². The summed E-state index contributed by atoms with van der Waals surface area (Å²) in [6, 6.07) is 7.81. The third-order valence-electron chi connectivity index (χ3n) is 4.51. The van der Waals surface area contributed by atoms with Crippen LogP contribution < -0.4 is 14.5 Å². The van der Waals surface area contributed by atoms with Gasteiger partial charge in [0.2, 0.25) is 0 Å². The van der Waals surface area contributed by atoms with Crippen LogP contribution in [0.4, 0.5) is 11.4 Å². The molecule has 1 aliphatic heterocycles. The number of carbonyl (C=O) groups is 1.